The fourth-order valence-electron chi connectivity index (χ4n) is 3.77. The first-order valence-corrected chi connectivity index (χ1v) is 12.3. The smallest absolute Gasteiger partial charge is 0.305 e. The summed E-state index contributed by atoms with van der Waals surface area (Å²) in [4.78, 5) is 15.2. The van der Waals surface area contributed by atoms with Gasteiger partial charge in [-0.15, -0.1) is 0 Å². The molecule has 0 atom stereocenters. The largest absolute Gasteiger partial charge is 0.465 e. The van der Waals surface area contributed by atoms with Crippen LogP contribution in [0.2, 0.25) is 0 Å². The van der Waals surface area contributed by atoms with Gasteiger partial charge in [-0.05, 0) is 50.2 Å². The van der Waals surface area contributed by atoms with Crippen LogP contribution in [0.15, 0.2) is 54.8 Å². The highest BCUT2D eigenvalue weighted by molar-refractivity contribution is 5.83. The Balaban J connectivity index is 1.39. The van der Waals surface area contributed by atoms with Gasteiger partial charge in [-0.1, -0.05) is 81.5 Å². The lowest BCUT2D eigenvalue weighted by Crippen LogP contribution is -2.07. The van der Waals surface area contributed by atoms with E-state index in [1.54, 1.807) is 0 Å². The second-order valence-corrected chi connectivity index (χ2v) is 8.31. The molecule has 1 aromatic heterocycles. The molecule has 3 heteroatoms. The van der Waals surface area contributed by atoms with E-state index in [2.05, 4.69) is 48.3 Å². The quantitative estimate of drug-likeness (QED) is 0.159. The molecule has 0 unspecified atom stereocenters. The van der Waals surface area contributed by atoms with Gasteiger partial charge in [-0.2, -0.15) is 0 Å². The number of hydrogen-bond donors (Lipinski definition) is 1. The van der Waals surface area contributed by atoms with Crippen LogP contribution < -0.4 is 0 Å². The molecule has 0 bridgehead atoms. The Labute approximate surface area is 189 Å². The van der Waals surface area contributed by atoms with Crippen molar-refractivity contribution < 1.29 is 9.53 Å². The summed E-state index contributed by atoms with van der Waals surface area (Å²) < 4.78 is 5.42. The van der Waals surface area contributed by atoms with Gasteiger partial charge in [-0.25, -0.2) is 0 Å². The second-order valence-electron chi connectivity index (χ2n) is 8.31. The number of carbonyl (C=O) groups is 1. The molecule has 31 heavy (non-hydrogen) atoms. The molecule has 0 aliphatic heterocycles. The first-order chi connectivity index (χ1) is 15.3. The first kappa shape index (κ1) is 25.0. The Hall–Kier alpha value is -2.29. The summed E-state index contributed by atoms with van der Waals surface area (Å²) in [5.41, 5.74) is 2.34. The van der Waals surface area contributed by atoms with Gasteiger partial charge < -0.3 is 9.72 Å². The molecule has 0 saturated heterocycles. The minimum atomic E-state index is -0.0643. The molecule has 1 aromatic carbocycles. The molecule has 1 heterocycles. The Bertz CT molecular complexity index is 787. The Morgan fingerprint density at radius 2 is 1.61 bits per heavy atom. The van der Waals surface area contributed by atoms with Crippen molar-refractivity contribution in [1.29, 1.82) is 0 Å². The highest BCUT2D eigenvalue weighted by Crippen LogP contribution is 2.18. The van der Waals surface area contributed by atoms with Crippen LogP contribution in [0, 0.1) is 0 Å². The van der Waals surface area contributed by atoms with Crippen LogP contribution in [0.5, 0.6) is 0 Å². The summed E-state index contributed by atoms with van der Waals surface area (Å²) in [5, 5.41) is 1.22. The SMILES string of the molecule is CCCCCC=CCC=CCCCCCCCC(=O)OCCc1c[nH]c2ccccc12. The molecule has 2 aromatic rings. The number of carbonyl (C=O) groups excluding carboxylic acids is 1. The van der Waals surface area contributed by atoms with E-state index in [1.165, 1.54) is 62.3 Å². The van der Waals surface area contributed by atoms with Crippen LogP contribution in [0.25, 0.3) is 10.9 Å². The molecular formula is C28H41NO2. The highest BCUT2D eigenvalue weighted by atomic mass is 16.5. The maximum atomic E-state index is 11.9. The third-order valence-electron chi connectivity index (χ3n) is 5.64. The summed E-state index contributed by atoms with van der Waals surface area (Å²) in [6.45, 7) is 2.70. The van der Waals surface area contributed by atoms with Gasteiger partial charge in [0, 0.05) is 29.9 Å². The zero-order valence-electron chi connectivity index (χ0n) is 19.4. The summed E-state index contributed by atoms with van der Waals surface area (Å²) in [5.74, 6) is -0.0643. The fourth-order valence-corrected chi connectivity index (χ4v) is 3.77. The third-order valence-corrected chi connectivity index (χ3v) is 5.64. The predicted octanol–water partition coefficient (Wildman–Crippen LogP) is 8.07. The van der Waals surface area contributed by atoms with Gasteiger partial charge in [0.15, 0.2) is 0 Å². The van der Waals surface area contributed by atoms with E-state index in [4.69, 9.17) is 4.74 Å². The minimum Gasteiger partial charge on any atom is -0.465 e. The standard InChI is InChI=1S/C28H41NO2/c1-2-3-4-5-6-7-8-9-10-11-12-13-14-15-16-21-28(30)31-23-22-25-24-29-27-20-18-17-19-26(25)27/h6-7,9-10,17-20,24,29H,2-5,8,11-16,21-23H2,1H3. The maximum absolute atomic E-state index is 11.9. The van der Waals surface area contributed by atoms with E-state index in [-0.39, 0.29) is 5.97 Å². The van der Waals surface area contributed by atoms with E-state index in [0.29, 0.717) is 13.0 Å². The van der Waals surface area contributed by atoms with Crippen molar-refractivity contribution in [2.75, 3.05) is 6.61 Å². The van der Waals surface area contributed by atoms with Crippen molar-refractivity contribution in [3.8, 4) is 0 Å². The van der Waals surface area contributed by atoms with E-state index < -0.39 is 0 Å². The Morgan fingerprint density at radius 3 is 2.42 bits per heavy atom. The fraction of sp³-hybridized carbons (Fsp3) is 0.536. The molecule has 0 spiro atoms. The highest BCUT2D eigenvalue weighted by Gasteiger charge is 2.06. The maximum Gasteiger partial charge on any atom is 0.305 e. The monoisotopic (exact) mass is 423 g/mol. The van der Waals surface area contributed by atoms with Crippen LogP contribution in [0.1, 0.15) is 89.5 Å². The number of aromatic amines is 1. The zero-order chi connectivity index (χ0) is 22.0. The van der Waals surface area contributed by atoms with Crippen LogP contribution in [0.4, 0.5) is 0 Å². The molecule has 1 N–H and O–H groups in total. The van der Waals surface area contributed by atoms with Gasteiger partial charge in [0.1, 0.15) is 0 Å². The van der Waals surface area contributed by atoms with Crippen molar-refractivity contribution in [2.24, 2.45) is 0 Å². The zero-order valence-corrected chi connectivity index (χ0v) is 19.4. The summed E-state index contributed by atoms with van der Waals surface area (Å²) >= 11 is 0. The van der Waals surface area contributed by atoms with Crippen molar-refractivity contribution in [3.05, 3.63) is 60.3 Å². The molecule has 0 aliphatic rings. The number of para-hydroxylation sites is 1. The van der Waals surface area contributed by atoms with Crippen molar-refractivity contribution >= 4 is 16.9 Å². The second kappa shape index (κ2) is 16.4. The first-order valence-electron chi connectivity index (χ1n) is 12.3. The predicted molar refractivity (Wildman–Crippen MR) is 132 cm³/mol. The van der Waals surface area contributed by atoms with Crippen molar-refractivity contribution in [3.63, 3.8) is 0 Å². The molecule has 0 saturated carbocycles. The third kappa shape index (κ3) is 11.1. The Kier molecular flexibility index (Phi) is 13.2. The number of H-pyrrole nitrogens is 1. The van der Waals surface area contributed by atoms with E-state index in [0.717, 1.165) is 31.2 Å². The molecule has 2 rings (SSSR count). The van der Waals surface area contributed by atoms with Crippen molar-refractivity contribution in [2.45, 2.75) is 90.4 Å². The van der Waals surface area contributed by atoms with Gasteiger partial charge in [-0.3, -0.25) is 4.79 Å². The number of allylic oxidation sites excluding steroid dienone is 4. The van der Waals surface area contributed by atoms with Crippen LogP contribution in [-0.4, -0.2) is 17.6 Å². The molecule has 0 aliphatic carbocycles. The van der Waals surface area contributed by atoms with Gasteiger partial charge in [0.05, 0.1) is 6.61 Å². The summed E-state index contributed by atoms with van der Waals surface area (Å²) in [6, 6.07) is 8.23. The number of rotatable bonds is 17. The topological polar surface area (TPSA) is 42.1 Å². The lowest BCUT2D eigenvalue weighted by molar-refractivity contribution is -0.143. The lowest BCUT2D eigenvalue weighted by Gasteiger charge is -2.05. The normalized spacial score (nSPS) is 11.8. The Morgan fingerprint density at radius 1 is 0.903 bits per heavy atom. The van der Waals surface area contributed by atoms with Crippen molar-refractivity contribution in [1.82, 2.24) is 4.98 Å². The number of ether oxygens (including phenoxy) is 1. The molecule has 0 radical (unpaired) electrons. The molecule has 0 amide bonds. The van der Waals surface area contributed by atoms with E-state index >= 15 is 0 Å². The van der Waals surface area contributed by atoms with E-state index in [1.807, 2.05) is 18.3 Å². The van der Waals surface area contributed by atoms with Gasteiger partial charge in [0.2, 0.25) is 0 Å². The lowest BCUT2D eigenvalue weighted by atomic mass is 10.1. The summed E-state index contributed by atoms with van der Waals surface area (Å²) in [7, 11) is 0. The van der Waals surface area contributed by atoms with E-state index in [9.17, 15) is 4.79 Å². The number of aromatic nitrogens is 1. The number of nitrogens with one attached hydrogen (secondary N) is 1. The summed E-state index contributed by atoms with van der Waals surface area (Å²) in [6.07, 6.45) is 25.6. The molecule has 3 nitrogen and oxygen atoms in total. The molecular weight excluding hydrogens is 382 g/mol. The average molecular weight is 424 g/mol. The van der Waals surface area contributed by atoms with Gasteiger partial charge in [0.25, 0.3) is 0 Å². The minimum absolute atomic E-state index is 0.0643. The average Bonchev–Trinajstić information content (AvgIpc) is 3.19. The van der Waals surface area contributed by atoms with Crippen LogP contribution >= 0.6 is 0 Å². The number of benzene rings is 1. The number of fused-ring (bicyclic) bond motifs is 1. The van der Waals surface area contributed by atoms with Crippen LogP contribution in [-0.2, 0) is 16.0 Å². The molecule has 170 valence electrons. The number of unbranched alkanes of at least 4 members (excludes halogenated alkanes) is 8. The number of hydrogen-bond acceptors (Lipinski definition) is 2. The van der Waals surface area contributed by atoms with Gasteiger partial charge >= 0.3 is 5.97 Å². The van der Waals surface area contributed by atoms with Crippen LogP contribution in [0.3, 0.4) is 0 Å². The number of esters is 1. The molecule has 0 fully saturated rings.